The molecule has 0 saturated carbocycles. The van der Waals surface area contributed by atoms with Crippen LogP contribution in [0.3, 0.4) is 0 Å². The molecule has 3 aromatic carbocycles. The van der Waals surface area contributed by atoms with Crippen molar-refractivity contribution in [3.63, 3.8) is 0 Å². The second-order valence-corrected chi connectivity index (χ2v) is 7.95. The zero-order valence-electron chi connectivity index (χ0n) is 19.5. The Balaban J connectivity index is 1.53. The number of hydrogen-bond donors (Lipinski definition) is 1. The quantitative estimate of drug-likeness (QED) is 0.342. The Kier molecular flexibility index (Phi) is 8.47. The van der Waals surface area contributed by atoms with E-state index in [1.54, 1.807) is 19.4 Å². The van der Waals surface area contributed by atoms with E-state index >= 15 is 0 Å². The first-order valence-electron chi connectivity index (χ1n) is 10.9. The van der Waals surface area contributed by atoms with E-state index in [1.807, 2.05) is 61.5 Å². The number of hydrogen-bond acceptors (Lipinski definition) is 5. The van der Waals surface area contributed by atoms with Gasteiger partial charge in [-0.2, -0.15) is 5.10 Å². The van der Waals surface area contributed by atoms with Gasteiger partial charge < -0.3 is 14.2 Å². The summed E-state index contributed by atoms with van der Waals surface area (Å²) >= 11 is 0. The van der Waals surface area contributed by atoms with E-state index in [2.05, 4.69) is 30.4 Å². The van der Waals surface area contributed by atoms with E-state index in [4.69, 9.17) is 14.2 Å². The summed E-state index contributed by atoms with van der Waals surface area (Å²) < 4.78 is 17.0. The predicted octanol–water partition coefficient (Wildman–Crippen LogP) is 5.24. The van der Waals surface area contributed by atoms with Crippen LogP contribution in [0.4, 0.5) is 0 Å². The number of amides is 1. The van der Waals surface area contributed by atoms with E-state index in [0.29, 0.717) is 29.8 Å². The van der Waals surface area contributed by atoms with E-state index in [1.165, 1.54) is 5.56 Å². The Morgan fingerprint density at radius 2 is 1.76 bits per heavy atom. The van der Waals surface area contributed by atoms with Gasteiger partial charge in [0.15, 0.2) is 18.1 Å². The van der Waals surface area contributed by atoms with Crippen LogP contribution in [0.1, 0.15) is 42.0 Å². The van der Waals surface area contributed by atoms with Gasteiger partial charge in [0.05, 0.1) is 13.3 Å². The second-order valence-electron chi connectivity index (χ2n) is 7.95. The lowest BCUT2D eigenvalue weighted by Gasteiger charge is -2.12. The summed E-state index contributed by atoms with van der Waals surface area (Å²) in [7, 11) is 1.58. The standard InChI is InChI=1S/C27H30N2O4/c1-19(2)23-12-10-20(3)25(15-23)33-18-27(30)29-28-16-22-11-13-24(26(14-22)31-4)32-17-21-8-6-5-7-9-21/h5-16,19H,17-18H2,1-4H3,(H,29,30). The first-order valence-corrected chi connectivity index (χ1v) is 10.9. The number of carbonyl (C=O) groups is 1. The fourth-order valence-corrected chi connectivity index (χ4v) is 3.10. The van der Waals surface area contributed by atoms with Gasteiger partial charge in [-0.15, -0.1) is 0 Å². The molecule has 0 radical (unpaired) electrons. The van der Waals surface area contributed by atoms with Gasteiger partial charge in [0.25, 0.3) is 5.91 Å². The number of hydrazone groups is 1. The molecule has 0 bridgehead atoms. The molecule has 6 heteroatoms. The van der Waals surface area contributed by atoms with E-state index < -0.39 is 0 Å². The maximum Gasteiger partial charge on any atom is 0.277 e. The van der Waals surface area contributed by atoms with Crippen molar-refractivity contribution in [2.75, 3.05) is 13.7 Å². The summed E-state index contributed by atoms with van der Waals surface area (Å²) in [6.07, 6.45) is 1.55. The monoisotopic (exact) mass is 446 g/mol. The first-order chi connectivity index (χ1) is 16.0. The Hall–Kier alpha value is -3.80. The van der Waals surface area contributed by atoms with Crippen LogP contribution in [0, 0.1) is 6.92 Å². The molecule has 0 fully saturated rings. The smallest absolute Gasteiger partial charge is 0.277 e. The molecule has 1 amide bonds. The van der Waals surface area contributed by atoms with Crippen LogP contribution in [-0.2, 0) is 11.4 Å². The fraction of sp³-hybridized carbons (Fsp3) is 0.259. The van der Waals surface area contributed by atoms with Crippen LogP contribution in [-0.4, -0.2) is 25.8 Å². The lowest BCUT2D eigenvalue weighted by atomic mass is 10.0. The molecule has 0 aliphatic carbocycles. The van der Waals surface area contributed by atoms with E-state index in [9.17, 15) is 4.79 Å². The van der Waals surface area contributed by atoms with Crippen molar-refractivity contribution in [1.29, 1.82) is 0 Å². The minimum atomic E-state index is -0.338. The van der Waals surface area contributed by atoms with Crippen LogP contribution in [0.15, 0.2) is 71.8 Å². The van der Waals surface area contributed by atoms with E-state index in [-0.39, 0.29) is 12.5 Å². The maximum atomic E-state index is 12.1. The number of benzene rings is 3. The molecule has 0 aliphatic rings. The summed E-state index contributed by atoms with van der Waals surface area (Å²) in [5, 5.41) is 4.02. The molecule has 0 heterocycles. The Morgan fingerprint density at radius 1 is 0.970 bits per heavy atom. The minimum absolute atomic E-state index is 0.116. The topological polar surface area (TPSA) is 69.2 Å². The van der Waals surface area contributed by atoms with Crippen molar-refractivity contribution in [3.05, 3.63) is 89.0 Å². The highest BCUT2D eigenvalue weighted by Gasteiger charge is 2.08. The molecule has 172 valence electrons. The summed E-state index contributed by atoms with van der Waals surface area (Å²) in [6, 6.07) is 21.4. The van der Waals surface area contributed by atoms with Crippen molar-refractivity contribution in [3.8, 4) is 17.2 Å². The average molecular weight is 447 g/mol. The molecule has 0 unspecified atom stereocenters. The molecule has 0 atom stereocenters. The molecule has 3 aromatic rings. The van der Waals surface area contributed by atoms with E-state index in [0.717, 1.165) is 16.7 Å². The molecular weight excluding hydrogens is 416 g/mol. The number of aryl methyl sites for hydroxylation is 1. The lowest BCUT2D eigenvalue weighted by molar-refractivity contribution is -0.123. The molecule has 33 heavy (non-hydrogen) atoms. The number of rotatable bonds is 10. The Morgan fingerprint density at radius 3 is 2.48 bits per heavy atom. The summed E-state index contributed by atoms with van der Waals surface area (Å²) in [5.74, 6) is 1.98. The van der Waals surface area contributed by atoms with Gasteiger partial charge in [-0.3, -0.25) is 4.79 Å². The second kappa shape index (κ2) is 11.7. The van der Waals surface area contributed by atoms with Crippen LogP contribution < -0.4 is 19.6 Å². The molecular formula is C27H30N2O4. The van der Waals surface area contributed by atoms with Gasteiger partial charge in [0, 0.05) is 0 Å². The number of nitrogens with one attached hydrogen (secondary N) is 1. The Labute approximate surface area is 195 Å². The van der Waals surface area contributed by atoms with Crippen LogP contribution in [0.5, 0.6) is 17.2 Å². The van der Waals surface area contributed by atoms with Crippen molar-refractivity contribution in [1.82, 2.24) is 5.43 Å². The summed E-state index contributed by atoms with van der Waals surface area (Å²) in [6.45, 7) is 6.52. The predicted molar refractivity (Wildman–Crippen MR) is 130 cm³/mol. The van der Waals surface area contributed by atoms with Gasteiger partial charge in [-0.1, -0.05) is 56.3 Å². The van der Waals surface area contributed by atoms with Crippen molar-refractivity contribution in [2.45, 2.75) is 33.3 Å². The zero-order valence-corrected chi connectivity index (χ0v) is 19.5. The number of carbonyl (C=O) groups excluding carboxylic acids is 1. The summed E-state index contributed by atoms with van der Waals surface area (Å²) in [4.78, 5) is 12.1. The number of ether oxygens (including phenoxy) is 3. The van der Waals surface area contributed by atoms with Crippen molar-refractivity contribution in [2.24, 2.45) is 5.10 Å². The molecule has 0 aliphatic heterocycles. The maximum absolute atomic E-state index is 12.1. The van der Waals surface area contributed by atoms with Crippen LogP contribution >= 0.6 is 0 Å². The molecule has 1 N–H and O–H groups in total. The third-order valence-electron chi connectivity index (χ3n) is 5.07. The number of nitrogens with zero attached hydrogens (tertiary/aromatic N) is 1. The normalized spacial score (nSPS) is 10.9. The highest BCUT2D eigenvalue weighted by atomic mass is 16.5. The van der Waals surface area contributed by atoms with Crippen molar-refractivity contribution < 1.29 is 19.0 Å². The first kappa shape index (κ1) is 23.9. The third-order valence-corrected chi connectivity index (χ3v) is 5.07. The lowest BCUT2D eigenvalue weighted by Crippen LogP contribution is -2.24. The SMILES string of the molecule is COc1cc(C=NNC(=O)COc2cc(C(C)C)ccc2C)ccc1OCc1ccccc1. The molecule has 0 saturated heterocycles. The number of methoxy groups -OCH3 is 1. The molecule has 3 rings (SSSR count). The largest absolute Gasteiger partial charge is 0.493 e. The molecule has 0 spiro atoms. The van der Waals surface area contributed by atoms with Gasteiger partial charge in [-0.25, -0.2) is 5.43 Å². The average Bonchev–Trinajstić information content (AvgIpc) is 2.83. The Bertz CT molecular complexity index is 1090. The van der Waals surface area contributed by atoms with Gasteiger partial charge >= 0.3 is 0 Å². The molecule has 0 aromatic heterocycles. The summed E-state index contributed by atoms with van der Waals surface area (Å²) in [5.41, 5.74) is 6.48. The fourth-order valence-electron chi connectivity index (χ4n) is 3.10. The highest BCUT2D eigenvalue weighted by molar-refractivity contribution is 5.83. The molecule has 6 nitrogen and oxygen atoms in total. The van der Waals surface area contributed by atoms with Crippen LogP contribution in [0.25, 0.3) is 0 Å². The van der Waals surface area contributed by atoms with Gasteiger partial charge in [-0.05, 0) is 59.4 Å². The van der Waals surface area contributed by atoms with Gasteiger partial charge in [0.2, 0.25) is 0 Å². The zero-order chi connectivity index (χ0) is 23.6. The van der Waals surface area contributed by atoms with Crippen molar-refractivity contribution >= 4 is 12.1 Å². The van der Waals surface area contributed by atoms with Gasteiger partial charge in [0.1, 0.15) is 12.4 Å². The third kappa shape index (κ3) is 7.10. The van der Waals surface area contributed by atoms with Crippen LogP contribution in [0.2, 0.25) is 0 Å². The highest BCUT2D eigenvalue weighted by Crippen LogP contribution is 2.28. The minimum Gasteiger partial charge on any atom is -0.493 e.